The maximum atomic E-state index is 12.2. The van der Waals surface area contributed by atoms with Crippen molar-refractivity contribution in [2.24, 2.45) is 5.92 Å². The van der Waals surface area contributed by atoms with Gasteiger partial charge in [-0.25, -0.2) is 0 Å². The van der Waals surface area contributed by atoms with Crippen molar-refractivity contribution in [3.05, 3.63) is 71.3 Å². The quantitative estimate of drug-likeness (QED) is 0.778. The maximum absolute atomic E-state index is 12.2. The Labute approximate surface area is 163 Å². The van der Waals surface area contributed by atoms with Gasteiger partial charge in [-0.2, -0.15) is 0 Å². The molecule has 2 aromatic rings. The Bertz CT molecular complexity index is 769. The third-order valence-electron chi connectivity index (χ3n) is 5.56. The predicted molar refractivity (Wildman–Crippen MR) is 112 cm³/mol. The van der Waals surface area contributed by atoms with Gasteiger partial charge >= 0.3 is 0 Å². The lowest BCUT2D eigenvalue weighted by Crippen LogP contribution is -2.41. The number of ether oxygens (including phenoxy) is 1. The van der Waals surface area contributed by atoms with Gasteiger partial charge in [0.2, 0.25) is 0 Å². The van der Waals surface area contributed by atoms with Crippen molar-refractivity contribution < 1.29 is 9.84 Å². The van der Waals surface area contributed by atoms with E-state index >= 15 is 0 Å². The molecule has 144 valence electrons. The zero-order chi connectivity index (χ0) is 19.3. The molecule has 1 saturated carbocycles. The molecule has 0 spiro atoms. The summed E-state index contributed by atoms with van der Waals surface area (Å²) in [6.07, 6.45) is 6.35. The lowest BCUT2D eigenvalue weighted by atomic mass is 9.74. The summed E-state index contributed by atoms with van der Waals surface area (Å²) in [5.74, 6) is 1.00. The van der Waals surface area contributed by atoms with E-state index in [9.17, 15) is 5.11 Å². The molecule has 2 aromatic carbocycles. The van der Waals surface area contributed by atoms with Gasteiger partial charge < -0.3 is 14.7 Å². The molecule has 0 heterocycles. The van der Waals surface area contributed by atoms with Crippen molar-refractivity contribution in [3.63, 3.8) is 0 Å². The van der Waals surface area contributed by atoms with Crippen LogP contribution in [0.3, 0.4) is 0 Å². The largest absolute Gasteiger partial charge is 0.497 e. The van der Waals surface area contributed by atoms with E-state index in [0.717, 1.165) is 54.7 Å². The van der Waals surface area contributed by atoms with E-state index < -0.39 is 5.60 Å². The summed E-state index contributed by atoms with van der Waals surface area (Å²) in [6.45, 7) is 0.862. The predicted octanol–water partition coefficient (Wildman–Crippen LogP) is 4.72. The van der Waals surface area contributed by atoms with Crippen molar-refractivity contribution in [1.82, 2.24) is 4.90 Å². The van der Waals surface area contributed by atoms with Crippen LogP contribution in [0.2, 0.25) is 0 Å². The molecule has 1 N–H and O–H groups in total. The minimum absolute atomic E-state index is 0.161. The van der Waals surface area contributed by atoms with Crippen LogP contribution in [-0.4, -0.2) is 37.8 Å². The third-order valence-corrected chi connectivity index (χ3v) is 5.56. The molecule has 3 nitrogen and oxygen atoms in total. The fourth-order valence-electron chi connectivity index (χ4n) is 4.26. The molecule has 1 fully saturated rings. The number of benzene rings is 2. The number of nitrogens with zero attached hydrogens (tertiary/aromatic N) is 1. The number of aliphatic hydroxyl groups is 1. The molecule has 1 aliphatic rings. The molecule has 0 aliphatic heterocycles. The van der Waals surface area contributed by atoms with Gasteiger partial charge in [0, 0.05) is 12.5 Å². The van der Waals surface area contributed by atoms with Gasteiger partial charge in [-0.3, -0.25) is 0 Å². The number of hydrogen-bond acceptors (Lipinski definition) is 3. The van der Waals surface area contributed by atoms with E-state index in [1.54, 1.807) is 7.11 Å². The molecule has 3 heteroatoms. The van der Waals surface area contributed by atoms with Gasteiger partial charge in [0.05, 0.1) is 7.11 Å². The van der Waals surface area contributed by atoms with Crippen LogP contribution in [0.25, 0.3) is 6.08 Å². The highest BCUT2D eigenvalue weighted by Gasteiger charge is 2.42. The first kappa shape index (κ1) is 19.7. The van der Waals surface area contributed by atoms with Crippen LogP contribution in [-0.2, 0) is 5.60 Å². The normalized spacial score (nSPS) is 24.8. The van der Waals surface area contributed by atoms with Crippen LogP contribution in [0.15, 0.2) is 60.2 Å². The van der Waals surface area contributed by atoms with E-state index in [-0.39, 0.29) is 5.92 Å². The lowest BCUT2D eigenvalue weighted by molar-refractivity contribution is 0.000487. The highest BCUT2D eigenvalue weighted by molar-refractivity contribution is 5.58. The van der Waals surface area contributed by atoms with Gasteiger partial charge in [0.1, 0.15) is 11.4 Å². The number of hydrogen-bond donors (Lipinski definition) is 1. The smallest absolute Gasteiger partial charge is 0.119 e. The second-order valence-electron chi connectivity index (χ2n) is 7.78. The van der Waals surface area contributed by atoms with E-state index in [4.69, 9.17) is 4.74 Å². The number of rotatable bonds is 5. The lowest BCUT2D eigenvalue weighted by Gasteiger charge is -2.39. The average Bonchev–Trinajstić information content (AvgIpc) is 2.83. The summed E-state index contributed by atoms with van der Waals surface area (Å²) in [4.78, 5) is 2.19. The SMILES string of the molecule is COc1cccc(/C=C2\CCCCC(CN(C)C)C2(O)c2ccccc2)c1. The average molecular weight is 366 g/mol. The van der Waals surface area contributed by atoms with Gasteiger partial charge in [-0.1, -0.05) is 55.0 Å². The molecule has 0 radical (unpaired) electrons. The minimum Gasteiger partial charge on any atom is -0.497 e. The summed E-state index contributed by atoms with van der Waals surface area (Å²) in [7, 11) is 5.86. The Kier molecular flexibility index (Phi) is 6.35. The van der Waals surface area contributed by atoms with Gasteiger partial charge in [0.25, 0.3) is 0 Å². The molecular formula is C24H31NO2. The molecule has 0 bridgehead atoms. The van der Waals surface area contributed by atoms with Crippen LogP contribution in [0, 0.1) is 5.92 Å². The second kappa shape index (κ2) is 8.73. The Morgan fingerprint density at radius 3 is 2.59 bits per heavy atom. The zero-order valence-electron chi connectivity index (χ0n) is 16.7. The topological polar surface area (TPSA) is 32.7 Å². The first-order valence-electron chi connectivity index (χ1n) is 9.81. The molecule has 3 rings (SSSR count). The molecule has 1 aliphatic carbocycles. The van der Waals surface area contributed by atoms with Crippen LogP contribution < -0.4 is 4.74 Å². The standard InChI is InChI=1S/C24H31NO2/c1-25(2)18-22-14-8-7-13-21(16-19-10-9-15-23(17-19)27-3)24(22,26)20-11-5-4-6-12-20/h4-6,9-12,15-17,22,26H,7-8,13-14,18H2,1-3H3/b21-16+. The summed E-state index contributed by atoms with van der Waals surface area (Å²) in [6, 6.07) is 18.2. The first-order valence-corrected chi connectivity index (χ1v) is 9.81. The van der Waals surface area contributed by atoms with E-state index in [1.807, 2.05) is 36.4 Å². The van der Waals surface area contributed by atoms with Gasteiger partial charge in [-0.15, -0.1) is 0 Å². The Balaban J connectivity index is 2.11. The Morgan fingerprint density at radius 2 is 1.89 bits per heavy atom. The van der Waals surface area contributed by atoms with Crippen molar-refractivity contribution in [2.75, 3.05) is 27.7 Å². The summed E-state index contributed by atoms with van der Waals surface area (Å²) >= 11 is 0. The fourth-order valence-corrected chi connectivity index (χ4v) is 4.26. The summed E-state index contributed by atoms with van der Waals surface area (Å²) in [5.41, 5.74) is 2.22. The molecule has 0 saturated heterocycles. The van der Waals surface area contributed by atoms with Gasteiger partial charge in [-0.05, 0) is 62.2 Å². The van der Waals surface area contributed by atoms with Crippen LogP contribution >= 0.6 is 0 Å². The highest BCUT2D eigenvalue weighted by Crippen LogP contribution is 2.45. The van der Waals surface area contributed by atoms with E-state index in [2.05, 4.69) is 43.3 Å². The van der Waals surface area contributed by atoms with Crippen LogP contribution in [0.1, 0.15) is 36.8 Å². The van der Waals surface area contributed by atoms with Crippen LogP contribution in [0.4, 0.5) is 0 Å². The highest BCUT2D eigenvalue weighted by atomic mass is 16.5. The molecule has 2 atom stereocenters. The second-order valence-corrected chi connectivity index (χ2v) is 7.78. The van der Waals surface area contributed by atoms with Crippen molar-refractivity contribution in [2.45, 2.75) is 31.3 Å². The molecule has 0 aromatic heterocycles. The van der Waals surface area contributed by atoms with E-state index in [1.165, 1.54) is 0 Å². The summed E-state index contributed by atoms with van der Waals surface area (Å²) in [5, 5.41) is 12.2. The van der Waals surface area contributed by atoms with E-state index in [0.29, 0.717) is 0 Å². The Morgan fingerprint density at radius 1 is 1.11 bits per heavy atom. The van der Waals surface area contributed by atoms with Crippen LogP contribution in [0.5, 0.6) is 5.75 Å². The zero-order valence-corrected chi connectivity index (χ0v) is 16.7. The first-order chi connectivity index (χ1) is 13.0. The van der Waals surface area contributed by atoms with Crippen molar-refractivity contribution in [1.29, 1.82) is 0 Å². The van der Waals surface area contributed by atoms with Crippen molar-refractivity contribution >= 4 is 6.08 Å². The molecular weight excluding hydrogens is 334 g/mol. The third kappa shape index (κ3) is 4.42. The van der Waals surface area contributed by atoms with Gasteiger partial charge in [0.15, 0.2) is 0 Å². The maximum Gasteiger partial charge on any atom is 0.119 e. The molecule has 2 unspecified atom stereocenters. The fraction of sp³-hybridized carbons (Fsp3) is 0.417. The number of methoxy groups -OCH3 is 1. The summed E-state index contributed by atoms with van der Waals surface area (Å²) < 4.78 is 5.38. The molecule has 0 amide bonds. The molecule has 27 heavy (non-hydrogen) atoms. The Hall–Kier alpha value is -2.10. The monoisotopic (exact) mass is 365 g/mol. The minimum atomic E-state index is -0.953. The van der Waals surface area contributed by atoms with Crippen molar-refractivity contribution in [3.8, 4) is 5.75 Å².